The smallest absolute Gasteiger partial charge is 0.234 e. The number of carbonyl (C=O) groups excluding carboxylic acids is 1. The number of hydrogen-bond donors (Lipinski definition) is 1. The summed E-state index contributed by atoms with van der Waals surface area (Å²) in [5.41, 5.74) is 7.73. The molecule has 0 spiro atoms. The molecule has 2 N–H and O–H groups in total. The number of nitrogens with zero attached hydrogens (tertiary/aromatic N) is 1. The van der Waals surface area contributed by atoms with E-state index in [1.807, 2.05) is 54.6 Å². The Bertz CT molecular complexity index is 705. The zero-order chi connectivity index (χ0) is 17.6. The van der Waals surface area contributed by atoms with Crippen molar-refractivity contribution in [3.8, 4) is 5.75 Å². The van der Waals surface area contributed by atoms with E-state index in [1.165, 1.54) is 0 Å². The first-order valence-corrected chi connectivity index (χ1v) is 8.48. The van der Waals surface area contributed by atoms with Crippen LogP contribution in [0.3, 0.4) is 0 Å². The first-order chi connectivity index (χ1) is 12.2. The third kappa shape index (κ3) is 4.38. The molecule has 132 valence electrons. The van der Waals surface area contributed by atoms with Gasteiger partial charge in [-0.15, -0.1) is 0 Å². The maximum atomic E-state index is 11.8. The average Bonchev–Trinajstić information content (AvgIpc) is 3.05. The number of methoxy groups -OCH3 is 1. The summed E-state index contributed by atoms with van der Waals surface area (Å²) in [6.07, 6.45) is 0.675. The van der Waals surface area contributed by atoms with Gasteiger partial charge in [-0.2, -0.15) is 0 Å². The molecule has 1 aliphatic rings. The van der Waals surface area contributed by atoms with E-state index in [9.17, 15) is 4.79 Å². The molecule has 1 fully saturated rings. The standard InChI is InChI=1S/C20H24N2O3/c1-24-17-11-18(20(21)23)22(13-17)12-16-9-5-6-10-19(16)25-14-15-7-3-2-4-8-15/h2-10,17-18H,11-14H2,1H3,(H2,21,23)/t17-,18-/m0/s1. The van der Waals surface area contributed by atoms with E-state index in [2.05, 4.69) is 4.90 Å². The first-order valence-electron chi connectivity index (χ1n) is 8.48. The second-order valence-electron chi connectivity index (χ2n) is 6.32. The fraction of sp³-hybridized carbons (Fsp3) is 0.350. The van der Waals surface area contributed by atoms with Crippen molar-refractivity contribution in [3.05, 3.63) is 65.7 Å². The molecule has 1 saturated heterocycles. The number of benzene rings is 2. The van der Waals surface area contributed by atoms with Crippen LogP contribution in [0.25, 0.3) is 0 Å². The Morgan fingerprint density at radius 1 is 1.16 bits per heavy atom. The molecular formula is C20H24N2O3. The van der Waals surface area contributed by atoms with Crippen molar-refractivity contribution in [2.45, 2.75) is 31.7 Å². The van der Waals surface area contributed by atoms with Crippen LogP contribution in [-0.4, -0.2) is 36.6 Å². The minimum absolute atomic E-state index is 0.0369. The molecule has 5 heteroatoms. The van der Waals surface area contributed by atoms with Crippen LogP contribution in [0.4, 0.5) is 0 Å². The highest BCUT2D eigenvalue weighted by atomic mass is 16.5. The molecule has 1 amide bonds. The van der Waals surface area contributed by atoms with Crippen LogP contribution in [0, 0.1) is 0 Å². The van der Waals surface area contributed by atoms with Gasteiger partial charge in [0.25, 0.3) is 0 Å². The van der Waals surface area contributed by atoms with Gasteiger partial charge in [0.15, 0.2) is 0 Å². The van der Waals surface area contributed by atoms with Crippen LogP contribution in [0.2, 0.25) is 0 Å². The number of rotatable bonds is 7. The third-order valence-corrected chi connectivity index (χ3v) is 4.61. The Morgan fingerprint density at radius 3 is 2.60 bits per heavy atom. The fourth-order valence-corrected chi connectivity index (χ4v) is 3.23. The summed E-state index contributed by atoms with van der Waals surface area (Å²) in [6.45, 7) is 1.81. The van der Waals surface area contributed by atoms with Crippen LogP contribution in [0.1, 0.15) is 17.5 Å². The van der Waals surface area contributed by atoms with Gasteiger partial charge in [-0.1, -0.05) is 48.5 Å². The van der Waals surface area contributed by atoms with E-state index in [0.717, 1.165) is 16.9 Å². The van der Waals surface area contributed by atoms with Crippen molar-refractivity contribution >= 4 is 5.91 Å². The number of nitrogens with two attached hydrogens (primary N) is 1. The molecule has 3 rings (SSSR count). The Morgan fingerprint density at radius 2 is 1.88 bits per heavy atom. The molecule has 0 bridgehead atoms. The zero-order valence-electron chi connectivity index (χ0n) is 14.4. The highest BCUT2D eigenvalue weighted by Crippen LogP contribution is 2.26. The summed E-state index contributed by atoms with van der Waals surface area (Å²) in [7, 11) is 1.67. The van der Waals surface area contributed by atoms with E-state index >= 15 is 0 Å². The highest BCUT2D eigenvalue weighted by Gasteiger charge is 2.35. The Kier molecular flexibility index (Phi) is 5.68. The molecule has 1 heterocycles. The monoisotopic (exact) mass is 340 g/mol. The maximum Gasteiger partial charge on any atom is 0.234 e. The lowest BCUT2D eigenvalue weighted by Gasteiger charge is -2.23. The molecule has 2 atom stereocenters. The van der Waals surface area contributed by atoms with Crippen LogP contribution in [-0.2, 0) is 22.7 Å². The molecule has 25 heavy (non-hydrogen) atoms. The van der Waals surface area contributed by atoms with Crippen LogP contribution >= 0.6 is 0 Å². The van der Waals surface area contributed by atoms with Gasteiger partial charge in [0, 0.05) is 25.8 Å². The minimum Gasteiger partial charge on any atom is -0.489 e. The van der Waals surface area contributed by atoms with Gasteiger partial charge in [-0.05, 0) is 18.1 Å². The number of amides is 1. The normalized spacial score (nSPS) is 20.5. The number of primary amides is 1. The third-order valence-electron chi connectivity index (χ3n) is 4.61. The lowest BCUT2D eigenvalue weighted by Crippen LogP contribution is -2.39. The predicted molar refractivity (Wildman–Crippen MR) is 96.0 cm³/mol. The molecule has 0 radical (unpaired) electrons. The lowest BCUT2D eigenvalue weighted by molar-refractivity contribution is -0.122. The predicted octanol–water partition coefficient (Wildman–Crippen LogP) is 2.34. The second kappa shape index (κ2) is 8.14. The van der Waals surface area contributed by atoms with Crippen LogP contribution < -0.4 is 10.5 Å². The number of carbonyl (C=O) groups is 1. The lowest BCUT2D eigenvalue weighted by atomic mass is 10.1. The Balaban J connectivity index is 1.71. The van der Waals surface area contributed by atoms with Crippen LogP contribution in [0.5, 0.6) is 5.75 Å². The average molecular weight is 340 g/mol. The minimum atomic E-state index is -0.303. The maximum absolute atomic E-state index is 11.8. The summed E-state index contributed by atoms with van der Waals surface area (Å²) < 4.78 is 11.4. The van der Waals surface area contributed by atoms with Crippen molar-refractivity contribution in [1.82, 2.24) is 4.90 Å². The molecule has 2 aromatic rings. The van der Waals surface area contributed by atoms with Gasteiger partial charge in [-0.25, -0.2) is 0 Å². The molecule has 5 nitrogen and oxygen atoms in total. The van der Waals surface area contributed by atoms with Gasteiger partial charge >= 0.3 is 0 Å². The molecule has 0 unspecified atom stereocenters. The van der Waals surface area contributed by atoms with Gasteiger partial charge in [0.05, 0.1) is 12.1 Å². The Labute approximate surface area is 148 Å². The van der Waals surface area contributed by atoms with E-state index < -0.39 is 0 Å². The zero-order valence-corrected chi connectivity index (χ0v) is 14.4. The van der Waals surface area contributed by atoms with Gasteiger partial charge in [0.1, 0.15) is 12.4 Å². The SMILES string of the molecule is CO[C@H]1C[C@@H](C(N)=O)N(Cc2ccccc2OCc2ccccc2)C1. The van der Waals surface area contributed by atoms with Gasteiger partial charge < -0.3 is 15.2 Å². The summed E-state index contributed by atoms with van der Waals surface area (Å²) in [4.78, 5) is 13.8. The Hall–Kier alpha value is -2.37. The fourth-order valence-electron chi connectivity index (χ4n) is 3.23. The van der Waals surface area contributed by atoms with Gasteiger partial charge in [-0.3, -0.25) is 9.69 Å². The van der Waals surface area contributed by atoms with Crippen molar-refractivity contribution < 1.29 is 14.3 Å². The van der Waals surface area contributed by atoms with Gasteiger partial charge in [0.2, 0.25) is 5.91 Å². The molecular weight excluding hydrogens is 316 g/mol. The number of ether oxygens (including phenoxy) is 2. The number of para-hydroxylation sites is 1. The van der Waals surface area contributed by atoms with E-state index in [1.54, 1.807) is 7.11 Å². The highest BCUT2D eigenvalue weighted by molar-refractivity contribution is 5.80. The van der Waals surface area contributed by atoms with E-state index in [-0.39, 0.29) is 18.1 Å². The number of likely N-dealkylation sites (tertiary alicyclic amines) is 1. The molecule has 0 aliphatic carbocycles. The topological polar surface area (TPSA) is 64.8 Å². The van der Waals surface area contributed by atoms with E-state index in [0.29, 0.717) is 26.1 Å². The van der Waals surface area contributed by atoms with Crippen LogP contribution in [0.15, 0.2) is 54.6 Å². The van der Waals surface area contributed by atoms with Crippen molar-refractivity contribution in [2.24, 2.45) is 5.73 Å². The summed E-state index contributed by atoms with van der Waals surface area (Å²) in [6, 6.07) is 17.7. The molecule has 0 aromatic heterocycles. The van der Waals surface area contributed by atoms with Crippen molar-refractivity contribution in [1.29, 1.82) is 0 Å². The molecule has 0 saturated carbocycles. The van der Waals surface area contributed by atoms with Crippen molar-refractivity contribution in [3.63, 3.8) is 0 Å². The summed E-state index contributed by atoms with van der Waals surface area (Å²) >= 11 is 0. The largest absolute Gasteiger partial charge is 0.489 e. The second-order valence-corrected chi connectivity index (χ2v) is 6.32. The number of hydrogen-bond acceptors (Lipinski definition) is 4. The molecule has 1 aliphatic heterocycles. The molecule has 2 aromatic carbocycles. The van der Waals surface area contributed by atoms with Crippen molar-refractivity contribution in [2.75, 3.05) is 13.7 Å². The van der Waals surface area contributed by atoms with E-state index in [4.69, 9.17) is 15.2 Å². The summed E-state index contributed by atoms with van der Waals surface area (Å²) in [5.74, 6) is 0.526. The quantitative estimate of drug-likeness (QED) is 0.840. The first kappa shape index (κ1) is 17.5. The summed E-state index contributed by atoms with van der Waals surface area (Å²) in [5, 5.41) is 0.